The molecule has 2 aromatic carbocycles. The monoisotopic (exact) mass is 347 g/mol. The summed E-state index contributed by atoms with van der Waals surface area (Å²) in [6.07, 6.45) is 0. The molecule has 0 aliphatic heterocycles. The predicted octanol–water partition coefficient (Wildman–Crippen LogP) is 5.40. The van der Waals surface area contributed by atoms with Crippen LogP contribution in [-0.2, 0) is 0 Å². The summed E-state index contributed by atoms with van der Waals surface area (Å²) in [5.74, 6) is 1.36. The molecule has 0 atom stereocenters. The van der Waals surface area contributed by atoms with Crippen molar-refractivity contribution in [3.05, 3.63) is 51.5 Å². The lowest BCUT2D eigenvalue weighted by Gasteiger charge is -2.09. The van der Waals surface area contributed by atoms with Gasteiger partial charge in [0.15, 0.2) is 0 Å². The van der Waals surface area contributed by atoms with E-state index in [-0.39, 0.29) is 0 Å². The fraction of sp³-hybridized carbons (Fsp3) is 0.143. The van der Waals surface area contributed by atoms with Crippen molar-refractivity contribution in [1.29, 1.82) is 0 Å². The molecule has 2 N–H and O–H groups in total. The van der Waals surface area contributed by atoms with Gasteiger partial charge in [-0.3, -0.25) is 0 Å². The molecule has 0 fully saturated rings. The lowest BCUT2D eigenvalue weighted by atomic mass is 10.3. The van der Waals surface area contributed by atoms with Crippen LogP contribution in [0.1, 0.15) is 0 Å². The highest BCUT2D eigenvalue weighted by Gasteiger charge is 2.04. The van der Waals surface area contributed by atoms with Crippen molar-refractivity contribution in [3.8, 4) is 5.75 Å². The van der Waals surface area contributed by atoms with E-state index in [9.17, 15) is 0 Å². The van der Waals surface area contributed by atoms with Crippen LogP contribution in [0.4, 0.5) is 5.69 Å². The molecule has 2 rings (SSSR count). The van der Waals surface area contributed by atoms with Gasteiger partial charge >= 0.3 is 0 Å². The van der Waals surface area contributed by atoms with Crippen LogP contribution >= 0.6 is 46.6 Å². The molecule has 0 spiro atoms. The Balaban J connectivity index is 1.86. The molecule has 106 valence electrons. The van der Waals surface area contributed by atoms with Crippen LogP contribution in [0.3, 0.4) is 0 Å². The lowest BCUT2D eigenvalue weighted by molar-refractivity contribution is 0.344. The molecule has 0 aromatic heterocycles. The van der Waals surface area contributed by atoms with Gasteiger partial charge in [0.25, 0.3) is 0 Å². The Morgan fingerprint density at radius 3 is 2.55 bits per heavy atom. The van der Waals surface area contributed by atoms with Crippen LogP contribution in [0.15, 0.2) is 41.3 Å². The van der Waals surface area contributed by atoms with E-state index in [2.05, 4.69) is 0 Å². The van der Waals surface area contributed by atoms with Crippen molar-refractivity contribution < 1.29 is 4.74 Å². The Kier molecular flexibility index (Phi) is 5.73. The van der Waals surface area contributed by atoms with Gasteiger partial charge in [0.2, 0.25) is 0 Å². The Hall–Kier alpha value is -0.740. The normalized spacial score (nSPS) is 10.6. The number of hydrogen-bond acceptors (Lipinski definition) is 3. The van der Waals surface area contributed by atoms with Crippen LogP contribution in [-0.4, -0.2) is 12.4 Å². The number of rotatable bonds is 5. The molecule has 6 heteroatoms. The number of benzene rings is 2. The first kappa shape index (κ1) is 15.6. The van der Waals surface area contributed by atoms with Gasteiger partial charge in [0.05, 0.1) is 16.7 Å². The summed E-state index contributed by atoms with van der Waals surface area (Å²) >= 11 is 19.5. The minimum atomic E-state index is 0.504. The topological polar surface area (TPSA) is 35.2 Å². The Labute approximate surface area is 137 Å². The lowest BCUT2D eigenvalue weighted by Crippen LogP contribution is -2.00. The third-order valence-corrected chi connectivity index (χ3v) is 4.44. The number of nitrogens with two attached hydrogens (primary N) is 1. The Morgan fingerprint density at radius 2 is 1.80 bits per heavy atom. The van der Waals surface area contributed by atoms with Gasteiger partial charge in [0.1, 0.15) is 5.75 Å². The second-order valence-corrected chi connectivity index (χ2v) is 6.35. The highest BCUT2D eigenvalue weighted by atomic mass is 35.5. The van der Waals surface area contributed by atoms with Crippen molar-refractivity contribution in [2.45, 2.75) is 4.90 Å². The molecule has 0 aliphatic rings. The minimum absolute atomic E-state index is 0.504. The van der Waals surface area contributed by atoms with Crippen LogP contribution < -0.4 is 10.5 Å². The summed E-state index contributed by atoms with van der Waals surface area (Å²) < 4.78 is 5.60. The van der Waals surface area contributed by atoms with Gasteiger partial charge in [-0.15, -0.1) is 11.8 Å². The number of hydrogen-bond donors (Lipinski definition) is 1. The molecule has 2 aromatic rings. The van der Waals surface area contributed by atoms with Gasteiger partial charge in [-0.1, -0.05) is 34.8 Å². The van der Waals surface area contributed by atoms with E-state index in [1.807, 2.05) is 6.07 Å². The van der Waals surface area contributed by atoms with Gasteiger partial charge in [-0.25, -0.2) is 0 Å². The number of thioether (sulfide) groups is 1. The molecule has 0 heterocycles. The maximum Gasteiger partial charge on any atom is 0.138 e. The molecule has 0 bridgehead atoms. The summed E-state index contributed by atoms with van der Waals surface area (Å²) in [5.41, 5.74) is 6.42. The third-order valence-electron chi connectivity index (χ3n) is 2.45. The highest BCUT2D eigenvalue weighted by Crippen LogP contribution is 2.30. The molecular weight excluding hydrogens is 337 g/mol. The van der Waals surface area contributed by atoms with Crippen LogP contribution in [0, 0.1) is 0 Å². The van der Waals surface area contributed by atoms with Crippen LogP contribution in [0.25, 0.3) is 0 Å². The number of ether oxygens (including phenoxy) is 1. The molecule has 2 nitrogen and oxygen atoms in total. The minimum Gasteiger partial charge on any atom is -0.491 e. The van der Waals surface area contributed by atoms with E-state index < -0.39 is 0 Å². The van der Waals surface area contributed by atoms with E-state index in [1.165, 1.54) is 0 Å². The van der Waals surface area contributed by atoms with Gasteiger partial charge in [0, 0.05) is 21.4 Å². The quantitative estimate of drug-likeness (QED) is 0.446. The van der Waals surface area contributed by atoms with Crippen molar-refractivity contribution in [1.82, 2.24) is 0 Å². The van der Waals surface area contributed by atoms with Crippen molar-refractivity contribution in [2.24, 2.45) is 0 Å². The number of nitrogen functional groups attached to an aromatic ring is 1. The summed E-state index contributed by atoms with van der Waals surface area (Å²) in [7, 11) is 0. The fourth-order valence-corrected chi connectivity index (χ4v) is 3.08. The third kappa shape index (κ3) is 4.38. The first-order valence-electron chi connectivity index (χ1n) is 5.82. The summed E-state index contributed by atoms with van der Waals surface area (Å²) in [6, 6.07) is 10.6. The second kappa shape index (κ2) is 7.32. The highest BCUT2D eigenvalue weighted by molar-refractivity contribution is 7.99. The summed E-state index contributed by atoms with van der Waals surface area (Å²) in [6.45, 7) is 0.511. The van der Waals surface area contributed by atoms with Crippen molar-refractivity contribution in [3.63, 3.8) is 0 Å². The van der Waals surface area contributed by atoms with Gasteiger partial charge in [-0.2, -0.15) is 0 Å². The van der Waals surface area contributed by atoms with Crippen molar-refractivity contribution >= 4 is 52.3 Å². The SMILES string of the molecule is Nc1ccc(Cl)c(SCCOc2ccc(Cl)cc2Cl)c1. The Bertz CT molecular complexity index is 607. The average Bonchev–Trinajstić information content (AvgIpc) is 2.40. The smallest absolute Gasteiger partial charge is 0.138 e. The molecule has 0 unspecified atom stereocenters. The maximum absolute atomic E-state index is 6.08. The van der Waals surface area contributed by atoms with E-state index in [0.717, 1.165) is 10.6 Å². The standard InChI is InChI=1S/C14H12Cl3NOS/c15-9-1-4-13(12(17)7-9)19-5-6-20-14-8-10(18)2-3-11(14)16/h1-4,7-8H,5-6,18H2. The zero-order valence-electron chi connectivity index (χ0n) is 10.4. The van der Waals surface area contributed by atoms with E-state index >= 15 is 0 Å². The van der Waals surface area contributed by atoms with Crippen LogP contribution in [0.5, 0.6) is 5.75 Å². The van der Waals surface area contributed by atoms with E-state index in [1.54, 1.807) is 42.1 Å². The molecule has 0 amide bonds. The van der Waals surface area contributed by atoms with Gasteiger partial charge < -0.3 is 10.5 Å². The van der Waals surface area contributed by atoms with Crippen LogP contribution in [0.2, 0.25) is 15.1 Å². The zero-order valence-corrected chi connectivity index (χ0v) is 13.5. The maximum atomic E-state index is 6.08. The first-order valence-corrected chi connectivity index (χ1v) is 7.94. The number of anilines is 1. The second-order valence-electron chi connectivity index (χ2n) is 3.96. The predicted molar refractivity (Wildman–Crippen MR) is 88.5 cm³/mol. The van der Waals surface area contributed by atoms with E-state index in [4.69, 9.17) is 45.3 Å². The van der Waals surface area contributed by atoms with Crippen molar-refractivity contribution in [2.75, 3.05) is 18.1 Å². The summed E-state index contributed by atoms with van der Waals surface area (Å²) in [5, 5.41) is 1.78. The molecule has 0 saturated heterocycles. The molecular formula is C14H12Cl3NOS. The average molecular weight is 349 g/mol. The molecule has 20 heavy (non-hydrogen) atoms. The van der Waals surface area contributed by atoms with Gasteiger partial charge in [-0.05, 0) is 36.4 Å². The largest absolute Gasteiger partial charge is 0.491 e. The number of halogens is 3. The van der Waals surface area contributed by atoms with E-state index in [0.29, 0.717) is 33.1 Å². The first-order chi connectivity index (χ1) is 9.56. The molecule has 0 aliphatic carbocycles. The summed E-state index contributed by atoms with van der Waals surface area (Å²) in [4.78, 5) is 0.942. The molecule has 0 radical (unpaired) electrons. The fourth-order valence-electron chi connectivity index (χ4n) is 1.53. The zero-order chi connectivity index (χ0) is 14.5. The molecule has 0 saturated carbocycles. The Morgan fingerprint density at radius 1 is 1.00 bits per heavy atom.